The number of carbonyl (C=O) groups excluding carboxylic acids is 1. The number of halogens is 4. The van der Waals surface area contributed by atoms with Gasteiger partial charge in [-0.1, -0.05) is 15.9 Å². The molecule has 2 nitrogen and oxygen atoms in total. The molecular weight excluding hydrogens is 277 g/mol. The minimum Gasteiger partial charge on any atom is -0.496 e. The fourth-order valence-electron chi connectivity index (χ4n) is 1.06. The van der Waals surface area contributed by atoms with Crippen LogP contribution in [-0.2, 0) is 6.18 Å². The third-order valence-corrected chi connectivity index (χ3v) is 2.41. The van der Waals surface area contributed by atoms with Crippen molar-refractivity contribution in [2.24, 2.45) is 0 Å². The Morgan fingerprint density at radius 2 is 2.00 bits per heavy atom. The van der Waals surface area contributed by atoms with Gasteiger partial charge in [0, 0.05) is 4.47 Å². The first-order valence-electron chi connectivity index (χ1n) is 3.80. The second kappa shape index (κ2) is 4.22. The van der Waals surface area contributed by atoms with Gasteiger partial charge in [0.05, 0.1) is 18.2 Å². The Hall–Kier alpha value is -1.04. The summed E-state index contributed by atoms with van der Waals surface area (Å²) in [4.78, 5) is 10.5. The van der Waals surface area contributed by atoms with Gasteiger partial charge in [0.25, 0.3) is 0 Å². The SMILES string of the molecule is COc1cc(Br)c(C(F)(F)F)cc1C=O. The van der Waals surface area contributed by atoms with Crippen molar-refractivity contribution in [2.75, 3.05) is 7.11 Å². The third-order valence-electron chi connectivity index (χ3n) is 1.75. The fraction of sp³-hybridized carbons (Fsp3) is 0.222. The summed E-state index contributed by atoms with van der Waals surface area (Å²) in [5.41, 5.74) is -1.03. The Balaban J connectivity index is 3.39. The third kappa shape index (κ3) is 2.50. The predicted molar refractivity (Wildman–Crippen MR) is 51.1 cm³/mol. The Bertz CT molecular complexity index is 388. The maximum Gasteiger partial charge on any atom is 0.417 e. The molecule has 0 atom stereocenters. The Kier molecular flexibility index (Phi) is 3.38. The van der Waals surface area contributed by atoms with Crippen molar-refractivity contribution in [3.05, 3.63) is 27.7 Å². The molecule has 1 rings (SSSR count). The molecule has 0 fully saturated rings. The molecule has 0 unspecified atom stereocenters. The van der Waals surface area contributed by atoms with E-state index in [4.69, 9.17) is 4.74 Å². The second-order valence-corrected chi connectivity index (χ2v) is 3.54. The zero-order chi connectivity index (χ0) is 11.6. The number of carbonyl (C=O) groups is 1. The number of ether oxygens (including phenoxy) is 1. The fourth-order valence-corrected chi connectivity index (χ4v) is 1.61. The molecule has 82 valence electrons. The van der Waals surface area contributed by atoms with E-state index in [1.54, 1.807) is 0 Å². The highest BCUT2D eigenvalue weighted by atomic mass is 79.9. The van der Waals surface area contributed by atoms with Crippen LogP contribution in [0.1, 0.15) is 15.9 Å². The summed E-state index contributed by atoms with van der Waals surface area (Å²) < 4.78 is 41.8. The molecule has 15 heavy (non-hydrogen) atoms. The van der Waals surface area contributed by atoms with Crippen LogP contribution in [0.4, 0.5) is 13.2 Å². The lowest BCUT2D eigenvalue weighted by atomic mass is 10.1. The first-order valence-corrected chi connectivity index (χ1v) is 4.59. The summed E-state index contributed by atoms with van der Waals surface area (Å²) in [6, 6.07) is 1.86. The molecule has 0 bridgehead atoms. The molecule has 0 spiro atoms. The van der Waals surface area contributed by atoms with Gasteiger partial charge in [-0.2, -0.15) is 13.2 Å². The number of aldehydes is 1. The molecule has 0 saturated carbocycles. The average Bonchev–Trinajstić information content (AvgIpc) is 2.15. The number of methoxy groups -OCH3 is 1. The molecule has 1 aromatic carbocycles. The van der Waals surface area contributed by atoms with Crippen molar-refractivity contribution >= 4 is 22.2 Å². The highest BCUT2D eigenvalue weighted by Crippen LogP contribution is 2.37. The molecule has 0 heterocycles. The lowest BCUT2D eigenvalue weighted by Crippen LogP contribution is -2.07. The van der Waals surface area contributed by atoms with E-state index in [-0.39, 0.29) is 15.8 Å². The Morgan fingerprint density at radius 1 is 1.40 bits per heavy atom. The van der Waals surface area contributed by atoms with E-state index in [1.807, 2.05) is 0 Å². The molecule has 1 aromatic rings. The minimum atomic E-state index is -4.50. The summed E-state index contributed by atoms with van der Waals surface area (Å²) in [6.45, 7) is 0. The smallest absolute Gasteiger partial charge is 0.417 e. The number of hydrogen-bond donors (Lipinski definition) is 0. The van der Waals surface area contributed by atoms with Gasteiger partial charge in [-0.3, -0.25) is 4.79 Å². The van der Waals surface area contributed by atoms with Crippen LogP contribution in [0.5, 0.6) is 5.75 Å². The molecule has 0 saturated heterocycles. The van der Waals surface area contributed by atoms with Crippen LogP contribution in [0.15, 0.2) is 16.6 Å². The molecule has 0 aromatic heterocycles. The topological polar surface area (TPSA) is 26.3 Å². The highest BCUT2D eigenvalue weighted by molar-refractivity contribution is 9.10. The Morgan fingerprint density at radius 3 is 2.40 bits per heavy atom. The van der Waals surface area contributed by atoms with Crippen molar-refractivity contribution in [1.82, 2.24) is 0 Å². The summed E-state index contributed by atoms with van der Waals surface area (Å²) in [7, 11) is 1.28. The van der Waals surface area contributed by atoms with Crippen molar-refractivity contribution in [3.63, 3.8) is 0 Å². The molecule has 0 aliphatic heterocycles. The summed E-state index contributed by atoms with van der Waals surface area (Å²) in [6.07, 6.45) is -4.18. The van der Waals surface area contributed by atoms with Gasteiger partial charge in [-0.05, 0) is 12.1 Å². The first kappa shape index (κ1) is 12.0. The molecule has 0 amide bonds. The lowest BCUT2D eigenvalue weighted by Gasteiger charge is -2.11. The van der Waals surface area contributed by atoms with Gasteiger partial charge in [0.2, 0.25) is 0 Å². The normalized spacial score (nSPS) is 11.3. The summed E-state index contributed by atoms with van der Waals surface area (Å²) >= 11 is 2.77. The van der Waals surface area contributed by atoms with Crippen LogP contribution in [-0.4, -0.2) is 13.4 Å². The largest absolute Gasteiger partial charge is 0.496 e. The number of benzene rings is 1. The van der Waals surface area contributed by atoms with Crippen LogP contribution in [0.2, 0.25) is 0 Å². The summed E-state index contributed by atoms with van der Waals surface area (Å²) in [5.74, 6) is 0.102. The van der Waals surface area contributed by atoms with Crippen molar-refractivity contribution in [3.8, 4) is 5.75 Å². The quantitative estimate of drug-likeness (QED) is 0.778. The van der Waals surface area contributed by atoms with E-state index in [0.717, 1.165) is 12.1 Å². The van der Waals surface area contributed by atoms with E-state index >= 15 is 0 Å². The lowest BCUT2D eigenvalue weighted by molar-refractivity contribution is -0.138. The standard InChI is InChI=1S/C9H6BrF3O2/c1-15-8-3-7(10)6(9(11,12)13)2-5(8)4-14/h2-4H,1H3. The second-order valence-electron chi connectivity index (χ2n) is 2.69. The number of alkyl halides is 3. The van der Waals surface area contributed by atoms with Gasteiger partial charge in [-0.25, -0.2) is 0 Å². The highest BCUT2D eigenvalue weighted by Gasteiger charge is 2.33. The Labute approximate surface area is 92.2 Å². The van der Waals surface area contributed by atoms with Crippen LogP contribution >= 0.6 is 15.9 Å². The van der Waals surface area contributed by atoms with Gasteiger partial charge in [0.1, 0.15) is 5.75 Å². The number of rotatable bonds is 2. The van der Waals surface area contributed by atoms with Gasteiger partial charge in [0.15, 0.2) is 6.29 Å². The van der Waals surface area contributed by atoms with E-state index in [9.17, 15) is 18.0 Å². The van der Waals surface area contributed by atoms with Crippen molar-refractivity contribution in [2.45, 2.75) is 6.18 Å². The van der Waals surface area contributed by atoms with Gasteiger partial charge >= 0.3 is 6.18 Å². The van der Waals surface area contributed by atoms with Crippen LogP contribution < -0.4 is 4.74 Å². The summed E-state index contributed by atoms with van der Waals surface area (Å²) in [5, 5.41) is 0. The van der Waals surface area contributed by atoms with Crippen LogP contribution in [0, 0.1) is 0 Å². The number of hydrogen-bond acceptors (Lipinski definition) is 2. The molecule has 0 aliphatic carbocycles. The van der Waals surface area contributed by atoms with Crippen LogP contribution in [0.25, 0.3) is 0 Å². The van der Waals surface area contributed by atoms with E-state index < -0.39 is 11.7 Å². The van der Waals surface area contributed by atoms with E-state index in [2.05, 4.69) is 15.9 Å². The molecular formula is C9H6BrF3O2. The van der Waals surface area contributed by atoms with E-state index in [1.165, 1.54) is 7.11 Å². The zero-order valence-electron chi connectivity index (χ0n) is 7.56. The van der Waals surface area contributed by atoms with Crippen molar-refractivity contribution < 1.29 is 22.7 Å². The molecule has 0 radical (unpaired) electrons. The van der Waals surface area contributed by atoms with Gasteiger partial charge in [-0.15, -0.1) is 0 Å². The predicted octanol–water partition coefficient (Wildman–Crippen LogP) is 3.29. The molecule has 0 aliphatic rings. The monoisotopic (exact) mass is 282 g/mol. The van der Waals surface area contributed by atoms with Crippen molar-refractivity contribution in [1.29, 1.82) is 0 Å². The maximum absolute atomic E-state index is 12.4. The van der Waals surface area contributed by atoms with E-state index in [0.29, 0.717) is 6.29 Å². The average molecular weight is 283 g/mol. The van der Waals surface area contributed by atoms with Crippen LogP contribution in [0.3, 0.4) is 0 Å². The molecule has 0 N–H and O–H groups in total. The minimum absolute atomic E-state index is 0.102. The van der Waals surface area contributed by atoms with Gasteiger partial charge < -0.3 is 4.74 Å². The molecule has 6 heteroatoms. The zero-order valence-corrected chi connectivity index (χ0v) is 9.15. The maximum atomic E-state index is 12.4. The first-order chi connectivity index (χ1) is 6.90.